The van der Waals surface area contributed by atoms with Gasteiger partial charge in [-0.1, -0.05) is 66.6 Å². The Hall–Kier alpha value is -1.56. The van der Waals surface area contributed by atoms with E-state index in [1.807, 2.05) is 0 Å². The van der Waals surface area contributed by atoms with Crippen molar-refractivity contribution < 1.29 is 0 Å². The highest BCUT2D eigenvalue weighted by atomic mass is 13.9. The van der Waals surface area contributed by atoms with Crippen LogP contribution in [0.15, 0.2) is 42.5 Å². The third kappa shape index (κ3) is 5.67. The third-order valence-electron chi connectivity index (χ3n) is 2.84. The monoisotopic (exact) mass is 242 g/mol. The molecule has 0 aromatic heterocycles. The minimum atomic E-state index is 0. The quantitative estimate of drug-likeness (QED) is 0.568. The molecule has 98 valence electrons. The third-order valence-corrected chi connectivity index (χ3v) is 2.84. The van der Waals surface area contributed by atoms with Crippen LogP contribution in [-0.4, -0.2) is 0 Å². The molecule has 0 unspecified atom stereocenters. The van der Waals surface area contributed by atoms with Gasteiger partial charge in [0.1, 0.15) is 0 Å². The summed E-state index contributed by atoms with van der Waals surface area (Å²) in [5, 5.41) is 0. The Morgan fingerprint density at radius 1 is 0.556 bits per heavy atom. The van der Waals surface area contributed by atoms with Crippen LogP contribution in [0.2, 0.25) is 0 Å². The molecule has 0 aliphatic carbocycles. The van der Waals surface area contributed by atoms with E-state index in [0.29, 0.717) is 0 Å². The van der Waals surface area contributed by atoms with Gasteiger partial charge in [-0.25, -0.2) is 0 Å². The summed E-state index contributed by atoms with van der Waals surface area (Å²) in [6, 6.07) is 15.0. The number of rotatable bonds is 0. The molecule has 0 amide bonds. The van der Waals surface area contributed by atoms with Crippen molar-refractivity contribution >= 4 is 0 Å². The van der Waals surface area contributed by atoms with E-state index in [9.17, 15) is 0 Å². The fraction of sp³-hybridized carbons (Fsp3) is 0.333. The Labute approximate surface area is 113 Å². The standard InChI is InChI=1S/C9H12.C8H10.CH4/c1-7-4-5-8(2)9(3)6-7;1-7-4-3-5-8(2)6-7;/h4-6H,1-3H3;3-6H,1-2H3;1H4. The van der Waals surface area contributed by atoms with E-state index in [-0.39, 0.29) is 7.43 Å². The predicted octanol–water partition coefficient (Wildman–Crippen LogP) is 5.55. The molecular weight excluding hydrogens is 216 g/mol. The smallest absolute Gasteiger partial charge is 0.0395 e. The number of aryl methyl sites for hydroxylation is 5. The fourth-order valence-electron chi connectivity index (χ4n) is 1.70. The Kier molecular flexibility index (Phi) is 7.04. The van der Waals surface area contributed by atoms with E-state index >= 15 is 0 Å². The zero-order chi connectivity index (χ0) is 12.8. The second-order valence-corrected chi connectivity index (χ2v) is 4.75. The summed E-state index contributed by atoms with van der Waals surface area (Å²) >= 11 is 0. The molecule has 0 saturated heterocycles. The van der Waals surface area contributed by atoms with Gasteiger partial charge in [-0.05, 0) is 45.7 Å². The zero-order valence-electron chi connectivity index (χ0n) is 11.5. The van der Waals surface area contributed by atoms with Gasteiger partial charge >= 0.3 is 0 Å². The first-order valence-electron chi connectivity index (χ1n) is 6.06. The van der Waals surface area contributed by atoms with Crippen LogP contribution < -0.4 is 0 Å². The van der Waals surface area contributed by atoms with Gasteiger partial charge in [0.05, 0.1) is 0 Å². The largest absolute Gasteiger partial charge is 0.0776 e. The topological polar surface area (TPSA) is 0 Å². The molecule has 0 heteroatoms. The molecule has 0 bridgehead atoms. The van der Waals surface area contributed by atoms with E-state index in [1.54, 1.807) is 0 Å². The van der Waals surface area contributed by atoms with Crippen LogP contribution in [-0.2, 0) is 0 Å². The maximum Gasteiger partial charge on any atom is -0.0395 e. The van der Waals surface area contributed by atoms with E-state index in [0.717, 1.165) is 0 Å². The van der Waals surface area contributed by atoms with Crippen molar-refractivity contribution in [3.8, 4) is 0 Å². The number of benzene rings is 2. The maximum absolute atomic E-state index is 2.20. The molecule has 0 aliphatic heterocycles. The van der Waals surface area contributed by atoms with Crippen LogP contribution in [0, 0.1) is 34.6 Å². The first-order chi connectivity index (χ1) is 7.99. The minimum absolute atomic E-state index is 0. The lowest BCUT2D eigenvalue weighted by Gasteiger charge is -1.98. The summed E-state index contributed by atoms with van der Waals surface area (Å²) in [6.45, 7) is 10.6. The van der Waals surface area contributed by atoms with Gasteiger partial charge in [0.25, 0.3) is 0 Å². The predicted molar refractivity (Wildman–Crippen MR) is 83.3 cm³/mol. The molecular formula is C18H26. The van der Waals surface area contributed by atoms with Gasteiger partial charge < -0.3 is 0 Å². The van der Waals surface area contributed by atoms with E-state index in [4.69, 9.17) is 0 Å². The summed E-state index contributed by atoms with van der Waals surface area (Å²) in [5.74, 6) is 0. The summed E-state index contributed by atoms with van der Waals surface area (Å²) in [4.78, 5) is 0. The lowest BCUT2D eigenvalue weighted by atomic mass is 10.1. The summed E-state index contributed by atoms with van der Waals surface area (Å²) in [5.41, 5.74) is 6.78. The van der Waals surface area contributed by atoms with Crippen LogP contribution in [0.3, 0.4) is 0 Å². The summed E-state index contributed by atoms with van der Waals surface area (Å²) < 4.78 is 0. The Morgan fingerprint density at radius 2 is 1.06 bits per heavy atom. The summed E-state index contributed by atoms with van der Waals surface area (Å²) in [6.07, 6.45) is 0. The maximum atomic E-state index is 2.20. The highest BCUT2D eigenvalue weighted by Crippen LogP contribution is 2.07. The molecule has 2 aromatic carbocycles. The average molecular weight is 242 g/mol. The van der Waals surface area contributed by atoms with Crippen LogP contribution in [0.4, 0.5) is 0 Å². The lowest BCUT2D eigenvalue weighted by Crippen LogP contribution is -1.79. The van der Waals surface area contributed by atoms with Gasteiger partial charge in [-0.2, -0.15) is 0 Å². The molecule has 0 fully saturated rings. The SMILES string of the molecule is C.Cc1ccc(C)c(C)c1.Cc1cccc(C)c1. The minimum Gasteiger partial charge on any atom is -0.0776 e. The molecule has 0 spiro atoms. The van der Waals surface area contributed by atoms with Crippen LogP contribution in [0.25, 0.3) is 0 Å². The normalized spacial score (nSPS) is 8.94. The van der Waals surface area contributed by atoms with Crippen molar-refractivity contribution in [3.05, 3.63) is 70.3 Å². The van der Waals surface area contributed by atoms with Crippen LogP contribution in [0.1, 0.15) is 35.2 Å². The first-order valence-corrected chi connectivity index (χ1v) is 6.06. The summed E-state index contributed by atoms with van der Waals surface area (Å²) in [7, 11) is 0. The first kappa shape index (κ1) is 16.4. The van der Waals surface area contributed by atoms with E-state index in [2.05, 4.69) is 77.1 Å². The van der Waals surface area contributed by atoms with E-state index in [1.165, 1.54) is 27.8 Å². The van der Waals surface area contributed by atoms with Gasteiger partial charge in [0.15, 0.2) is 0 Å². The molecule has 2 aromatic rings. The fourth-order valence-corrected chi connectivity index (χ4v) is 1.70. The zero-order valence-corrected chi connectivity index (χ0v) is 11.5. The van der Waals surface area contributed by atoms with Gasteiger partial charge in [0, 0.05) is 0 Å². The Bertz CT molecular complexity index is 464. The molecule has 18 heavy (non-hydrogen) atoms. The van der Waals surface area contributed by atoms with Crippen LogP contribution >= 0.6 is 0 Å². The second-order valence-electron chi connectivity index (χ2n) is 4.75. The Morgan fingerprint density at radius 3 is 1.39 bits per heavy atom. The Balaban J connectivity index is 0.000000306. The van der Waals surface area contributed by atoms with Gasteiger partial charge in [-0.3, -0.25) is 0 Å². The molecule has 0 heterocycles. The highest BCUT2D eigenvalue weighted by Gasteiger charge is 1.89. The van der Waals surface area contributed by atoms with Crippen molar-refractivity contribution in [3.63, 3.8) is 0 Å². The van der Waals surface area contributed by atoms with E-state index < -0.39 is 0 Å². The number of hydrogen-bond acceptors (Lipinski definition) is 0. The molecule has 2 rings (SSSR count). The number of hydrogen-bond donors (Lipinski definition) is 0. The van der Waals surface area contributed by atoms with Crippen molar-refractivity contribution in [1.29, 1.82) is 0 Å². The molecule has 0 nitrogen and oxygen atoms in total. The van der Waals surface area contributed by atoms with Crippen LogP contribution in [0.5, 0.6) is 0 Å². The average Bonchev–Trinajstić information content (AvgIpc) is 2.24. The highest BCUT2D eigenvalue weighted by molar-refractivity contribution is 5.28. The second kappa shape index (κ2) is 7.71. The van der Waals surface area contributed by atoms with Gasteiger partial charge in [-0.15, -0.1) is 0 Å². The van der Waals surface area contributed by atoms with Gasteiger partial charge in [0.2, 0.25) is 0 Å². The lowest BCUT2D eigenvalue weighted by molar-refractivity contribution is 1.30. The molecule has 0 N–H and O–H groups in total. The molecule has 0 saturated carbocycles. The van der Waals surface area contributed by atoms with Crippen molar-refractivity contribution in [2.24, 2.45) is 0 Å². The van der Waals surface area contributed by atoms with Crippen molar-refractivity contribution in [1.82, 2.24) is 0 Å². The molecule has 0 radical (unpaired) electrons. The van der Waals surface area contributed by atoms with Crippen molar-refractivity contribution in [2.75, 3.05) is 0 Å². The molecule has 0 atom stereocenters. The van der Waals surface area contributed by atoms with Crippen molar-refractivity contribution in [2.45, 2.75) is 42.0 Å². The molecule has 0 aliphatic rings.